The van der Waals surface area contributed by atoms with Gasteiger partial charge in [-0.2, -0.15) is 5.26 Å². The number of nitro groups is 1. The van der Waals surface area contributed by atoms with Crippen LogP contribution in [0.1, 0.15) is 10.6 Å². The second kappa shape index (κ2) is 6.12. The van der Waals surface area contributed by atoms with Gasteiger partial charge >= 0.3 is 0 Å². The van der Waals surface area contributed by atoms with E-state index < -0.39 is 4.92 Å². The van der Waals surface area contributed by atoms with Gasteiger partial charge in [0.2, 0.25) is 0 Å². The zero-order chi connectivity index (χ0) is 14.5. The molecule has 1 aromatic heterocycles. The lowest BCUT2D eigenvalue weighted by Gasteiger charge is -2.18. The Morgan fingerprint density at radius 2 is 2.35 bits per heavy atom. The summed E-state index contributed by atoms with van der Waals surface area (Å²) >= 11 is 1.56. The van der Waals surface area contributed by atoms with E-state index in [9.17, 15) is 10.1 Å². The van der Waals surface area contributed by atoms with Gasteiger partial charge < -0.3 is 4.90 Å². The molecule has 102 valence electrons. The van der Waals surface area contributed by atoms with Crippen molar-refractivity contribution in [2.75, 3.05) is 18.5 Å². The maximum atomic E-state index is 11.1. The molecule has 0 N–H and O–H groups in total. The van der Waals surface area contributed by atoms with Crippen LogP contribution in [0.25, 0.3) is 0 Å². The molecule has 20 heavy (non-hydrogen) atoms. The highest BCUT2D eigenvalue weighted by atomic mass is 32.1. The van der Waals surface area contributed by atoms with Crippen molar-refractivity contribution < 1.29 is 4.92 Å². The van der Waals surface area contributed by atoms with Crippen LogP contribution >= 0.6 is 11.3 Å². The van der Waals surface area contributed by atoms with Gasteiger partial charge in [-0.1, -0.05) is 0 Å². The monoisotopic (exact) mass is 288 g/mol. The normalized spacial score (nSPS) is 10.0. The second-order valence-corrected chi connectivity index (χ2v) is 5.15. The number of anilines is 1. The molecule has 0 amide bonds. The number of nitrogens with zero attached hydrogens (tertiary/aromatic N) is 4. The molecule has 6 nitrogen and oxygen atoms in total. The zero-order valence-corrected chi connectivity index (χ0v) is 11.6. The van der Waals surface area contributed by atoms with Gasteiger partial charge in [-0.05, 0) is 12.1 Å². The first-order valence-electron chi connectivity index (χ1n) is 5.90. The highest BCUT2D eigenvalue weighted by Gasteiger charge is 2.18. The van der Waals surface area contributed by atoms with Gasteiger partial charge in [0.15, 0.2) is 0 Å². The minimum atomic E-state index is -0.462. The van der Waals surface area contributed by atoms with Crippen molar-refractivity contribution in [1.82, 2.24) is 4.98 Å². The minimum absolute atomic E-state index is 0.0503. The van der Waals surface area contributed by atoms with Crippen LogP contribution in [-0.4, -0.2) is 23.5 Å². The van der Waals surface area contributed by atoms with E-state index in [4.69, 9.17) is 5.26 Å². The number of nitriles is 1. The summed E-state index contributed by atoms with van der Waals surface area (Å²) in [6, 6.07) is 6.41. The first-order chi connectivity index (χ1) is 9.61. The Morgan fingerprint density at radius 1 is 1.55 bits per heavy atom. The Morgan fingerprint density at radius 3 is 2.95 bits per heavy atom. The number of thiazole rings is 1. The van der Waals surface area contributed by atoms with Crippen molar-refractivity contribution >= 4 is 22.7 Å². The number of rotatable bonds is 5. The molecule has 7 heteroatoms. The lowest BCUT2D eigenvalue weighted by atomic mass is 10.1. The Hall–Kier alpha value is -2.46. The van der Waals surface area contributed by atoms with E-state index in [0.717, 1.165) is 11.4 Å². The summed E-state index contributed by atoms with van der Waals surface area (Å²) in [5, 5.41) is 22.8. The minimum Gasteiger partial charge on any atom is -0.369 e. The summed E-state index contributed by atoms with van der Waals surface area (Å²) in [5.41, 5.74) is 0.741. The highest BCUT2D eigenvalue weighted by molar-refractivity contribution is 7.09. The number of nitro benzene ring substituents is 1. The summed E-state index contributed by atoms with van der Waals surface area (Å²) in [4.78, 5) is 16.6. The molecule has 1 aromatic carbocycles. The van der Waals surface area contributed by atoms with Gasteiger partial charge in [-0.25, -0.2) is 4.98 Å². The van der Waals surface area contributed by atoms with E-state index in [1.807, 2.05) is 11.4 Å². The summed E-state index contributed by atoms with van der Waals surface area (Å²) in [5.74, 6) is 0. The molecule has 2 aromatic rings. The van der Waals surface area contributed by atoms with Crippen LogP contribution < -0.4 is 4.90 Å². The Labute approximate surface area is 120 Å². The van der Waals surface area contributed by atoms with E-state index in [-0.39, 0.29) is 11.3 Å². The van der Waals surface area contributed by atoms with Crippen LogP contribution in [0.5, 0.6) is 0 Å². The van der Waals surface area contributed by atoms with Gasteiger partial charge in [0, 0.05) is 37.7 Å². The largest absolute Gasteiger partial charge is 0.369 e. The molecule has 0 aliphatic carbocycles. The highest BCUT2D eigenvalue weighted by Crippen LogP contribution is 2.28. The molecular formula is C13H12N4O2S. The Bertz CT molecular complexity index is 649. The summed E-state index contributed by atoms with van der Waals surface area (Å²) in [6.07, 6.45) is 2.47. The molecule has 0 spiro atoms. The van der Waals surface area contributed by atoms with Crippen molar-refractivity contribution in [2.45, 2.75) is 6.42 Å². The van der Waals surface area contributed by atoms with Gasteiger partial charge in [0.05, 0.1) is 21.6 Å². The van der Waals surface area contributed by atoms with Crippen LogP contribution in [0.3, 0.4) is 0 Å². The van der Waals surface area contributed by atoms with Gasteiger partial charge in [0.1, 0.15) is 5.69 Å². The number of likely N-dealkylation sites (N-methyl/N-ethyl adjacent to an activating group) is 1. The number of aromatic nitrogens is 1. The van der Waals surface area contributed by atoms with Crippen LogP contribution in [0.2, 0.25) is 0 Å². The summed E-state index contributed by atoms with van der Waals surface area (Å²) < 4.78 is 0. The van der Waals surface area contributed by atoms with E-state index in [1.54, 1.807) is 41.6 Å². The van der Waals surface area contributed by atoms with E-state index >= 15 is 0 Å². The third-order valence-electron chi connectivity index (χ3n) is 2.86. The van der Waals surface area contributed by atoms with E-state index in [1.165, 1.54) is 6.07 Å². The first kappa shape index (κ1) is 14.0. The third-order valence-corrected chi connectivity index (χ3v) is 3.70. The maximum absolute atomic E-state index is 11.1. The fourth-order valence-electron chi connectivity index (χ4n) is 1.82. The average Bonchev–Trinajstić information content (AvgIpc) is 2.97. The Kier molecular flexibility index (Phi) is 4.27. The van der Waals surface area contributed by atoms with Crippen molar-refractivity contribution in [2.24, 2.45) is 0 Å². The predicted octanol–water partition coefficient (Wildman–Crippen LogP) is 2.60. The van der Waals surface area contributed by atoms with Crippen molar-refractivity contribution in [3.05, 3.63) is 50.5 Å². The van der Waals surface area contributed by atoms with E-state index in [0.29, 0.717) is 12.2 Å². The molecule has 0 bridgehead atoms. The van der Waals surface area contributed by atoms with Gasteiger partial charge in [-0.15, -0.1) is 11.3 Å². The topological polar surface area (TPSA) is 83.1 Å². The van der Waals surface area contributed by atoms with Crippen molar-refractivity contribution in [3.63, 3.8) is 0 Å². The molecule has 0 aliphatic heterocycles. The molecule has 0 radical (unpaired) electrons. The fourth-order valence-corrected chi connectivity index (χ4v) is 2.43. The smallest absolute Gasteiger partial charge is 0.293 e. The summed E-state index contributed by atoms with van der Waals surface area (Å²) in [6.45, 7) is 0.625. The lowest BCUT2D eigenvalue weighted by Crippen LogP contribution is -2.21. The number of hydrogen-bond acceptors (Lipinski definition) is 6. The van der Waals surface area contributed by atoms with Crippen LogP contribution in [-0.2, 0) is 6.42 Å². The van der Waals surface area contributed by atoms with Crippen molar-refractivity contribution in [3.8, 4) is 6.07 Å². The molecule has 0 saturated carbocycles. The van der Waals surface area contributed by atoms with E-state index in [2.05, 4.69) is 4.98 Å². The number of hydrogen-bond donors (Lipinski definition) is 0. The quantitative estimate of drug-likeness (QED) is 0.623. The average molecular weight is 288 g/mol. The SMILES string of the molecule is CN(CCc1nccs1)c1ccc(C#N)cc1[N+](=O)[O-]. The molecule has 0 unspecified atom stereocenters. The summed E-state index contributed by atoms with van der Waals surface area (Å²) in [7, 11) is 1.79. The fraction of sp³-hybridized carbons (Fsp3) is 0.231. The van der Waals surface area contributed by atoms with Gasteiger partial charge in [-0.3, -0.25) is 10.1 Å². The standard InChI is InChI=1S/C13H12N4O2S/c1-16(6-4-13-15-5-7-20-13)11-3-2-10(9-14)8-12(11)17(18)19/h2-3,5,7-8H,4,6H2,1H3. The predicted molar refractivity (Wildman–Crippen MR) is 76.9 cm³/mol. The second-order valence-electron chi connectivity index (χ2n) is 4.17. The molecule has 0 fully saturated rings. The van der Waals surface area contributed by atoms with Crippen LogP contribution in [0, 0.1) is 21.4 Å². The first-order valence-corrected chi connectivity index (χ1v) is 6.78. The molecule has 0 atom stereocenters. The molecular weight excluding hydrogens is 276 g/mol. The zero-order valence-electron chi connectivity index (χ0n) is 10.8. The molecule has 2 rings (SSSR count). The molecule has 1 heterocycles. The van der Waals surface area contributed by atoms with Gasteiger partial charge in [0.25, 0.3) is 5.69 Å². The van der Waals surface area contributed by atoms with Crippen LogP contribution in [0.15, 0.2) is 29.8 Å². The molecule has 0 saturated heterocycles. The molecule has 0 aliphatic rings. The third kappa shape index (κ3) is 3.10. The van der Waals surface area contributed by atoms with Crippen molar-refractivity contribution in [1.29, 1.82) is 5.26 Å². The van der Waals surface area contributed by atoms with Crippen LogP contribution in [0.4, 0.5) is 11.4 Å². The Balaban J connectivity index is 2.18. The lowest BCUT2D eigenvalue weighted by molar-refractivity contribution is -0.384. The number of benzene rings is 1. The maximum Gasteiger partial charge on any atom is 0.293 e.